The number of carbonyl (C=O) groups is 1. The van der Waals surface area contributed by atoms with Crippen LogP contribution in [0.4, 0.5) is 11.4 Å². The maximum Gasteiger partial charge on any atom is 0.269 e. The van der Waals surface area contributed by atoms with Crippen LogP contribution in [0.15, 0.2) is 59.4 Å². The number of hydrogen-bond donors (Lipinski definition) is 2. The second kappa shape index (κ2) is 6.98. The van der Waals surface area contributed by atoms with E-state index in [0.717, 1.165) is 0 Å². The lowest BCUT2D eigenvalue weighted by Crippen LogP contribution is -2.12. The number of aromatic amines is 1. The molecule has 0 fully saturated rings. The lowest BCUT2D eigenvalue weighted by molar-refractivity contribution is -0.384. The van der Waals surface area contributed by atoms with Crippen molar-refractivity contribution >= 4 is 17.3 Å². The Kier molecular flexibility index (Phi) is 4.57. The van der Waals surface area contributed by atoms with Crippen molar-refractivity contribution in [3.8, 4) is 11.4 Å². The van der Waals surface area contributed by atoms with Crippen molar-refractivity contribution in [2.45, 2.75) is 6.92 Å². The summed E-state index contributed by atoms with van der Waals surface area (Å²) in [5.74, 6) is 0.00387. The minimum absolute atomic E-state index is 0.0852. The van der Waals surface area contributed by atoms with Crippen LogP contribution in [-0.4, -0.2) is 20.8 Å². The van der Waals surface area contributed by atoms with E-state index in [1.807, 2.05) is 0 Å². The minimum Gasteiger partial charge on any atom is -0.322 e. The second-order valence-electron chi connectivity index (χ2n) is 5.57. The molecule has 0 aliphatic rings. The van der Waals surface area contributed by atoms with Gasteiger partial charge in [0.1, 0.15) is 5.82 Å². The van der Waals surface area contributed by atoms with E-state index >= 15 is 0 Å². The van der Waals surface area contributed by atoms with Crippen molar-refractivity contribution in [2.24, 2.45) is 0 Å². The predicted octanol–water partition coefficient (Wildman–Crippen LogP) is 2.91. The molecule has 0 unspecified atom stereocenters. The van der Waals surface area contributed by atoms with Crippen molar-refractivity contribution in [1.82, 2.24) is 9.97 Å². The molecule has 8 heteroatoms. The first kappa shape index (κ1) is 17.0. The molecule has 0 aliphatic carbocycles. The Hall–Kier alpha value is -3.81. The number of H-pyrrole nitrogens is 1. The van der Waals surface area contributed by atoms with Crippen LogP contribution >= 0.6 is 0 Å². The molecule has 0 aliphatic heterocycles. The third-order valence-electron chi connectivity index (χ3n) is 3.60. The number of carbonyl (C=O) groups excluding carboxylic acids is 1. The lowest BCUT2D eigenvalue weighted by Gasteiger charge is -2.08. The Morgan fingerprint density at radius 1 is 1.15 bits per heavy atom. The van der Waals surface area contributed by atoms with Crippen LogP contribution < -0.4 is 10.9 Å². The number of nitrogens with one attached hydrogen (secondary N) is 2. The highest BCUT2D eigenvalue weighted by Gasteiger charge is 2.10. The number of amides is 1. The summed E-state index contributed by atoms with van der Waals surface area (Å²) in [5, 5.41) is 13.4. The molecule has 1 aromatic heterocycles. The minimum atomic E-state index is -0.527. The van der Waals surface area contributed by atoms with Gasteiger partial charge in [-0.2, -0.15) is 0 Å². The topological polar surface area (TPSA) is 118 Å². The average molecular weight is 350 g/mol. The molecular formula is C18H14N4O4. The fraction of sp³-hybridized carbons (Fsp3) is 0.0556. The summed E-state index contributed by atoms with van der Waals surface area (Å²) in [6, 6.07) is 13.6. The summed E-state index contributed by atoms with van der Waals surface area (Å²) in [7, 11) is 0. The van der Waals surface area contributed by atoms with Crippen molar-refractivity contribution in [1.29, 1.82) is 0 Å². The molecular weight excluding hydrogens is 336 g/mol. The van der Waals surface area contributed by atoms with Gasteiger partial charge in [0.05, 0.1) is 4.92 Å². The molecule has 3 rings (SSSR count). The molecule has 2 N–H and O–H groups in total. The highest BCUT2D eigenvalue weighted by atomic mass is 16.6. The second-order valence-corrected chi connectivity index (χ2v) is 5.57. The van der Waals surface area contributed by atoms with Crippen LogP contribution in [0.5, 0.6) is 0 Å². The third-order valence-corrected chi connectivity index (χ3v) is 3.60. The zero-order chi connectivity index (χ0) is 18.7. The standard InChI is InChI=1S/C18H14N4O4/c1-11-9-16(23)21-17(19-11)13-3-2-4-14(10-13)20-18(24)12-5-7-15(8-6-12)22(25)26/h2-10H,1H3,(H,20,24)(H,19,21,23). The quantitative estimate of drug-likeness (QED) is 0.554. The van der Waals surface area contributed by atoms with Gasteiger partial charge in [-0.3, -0.25) is 19.7 Å². The predicted molar refractivity (Wildman–Crippen MR) is 96.1 cm³/mol. The molecule has 26 heavy (non-hydrogen) atoms. The number of aryl methyl sites for hydroxylation is 1. The van der Waals surface area contributed by atoms with Gasteiger partial charge in [0.2, 0.25) is 0 Å². The summed E-state index contributed by atoms with van der Waals surface area (Å²) in [6.45, 7) is 1.72. The number of hydrogen-bond acceptors (Lipinski definition) is 5. The number of benzene rings is 2. The maximum absolute atomic E-state index is 12.3. The van der Waals surface area contributed by atoms with Gasteiger partial charge in [-0.15, -0.1) is 0 Å². The Bertz CT molecular complexity index is 1040. The summed E-state index contributed by atoms with van der Waals surface area (Å²) < 4.78 is 0. The van der Waals surface area contributed by atoms with Gasteiger partial charge in [0.25, 0.3) is 17.2 Å². The van der Waals surface area contributed by atoms with E-state index in [2.05, 4.69) is 15.3 Å². The Morgan fingerprint density at radius 3 is 2.54 bits per heavy atom. The molecule has 3 aromatic rings. The van der Waals surface area contributed by atoms with E-state index in [1.54, 1.807) is 31.2 Å². The van der Waals surface area contributed by atoms with Crippen LogP contribution in [0.1, 0.15) is 16.1 Å². The highest BCUT2D eigenvalue weighted by molar-refractivity contribution is 6.04. The van der Waals surface area contributed by atoms with E-state index in [9.17, 15) is 19.7 Å². The van der Waals surface area contributed by atoms with Crippen molar-refractivity contribution in [2.75, 3.05) is 5.32 Å². The number of anilines is 1. The Balaban J connectivity index is 1.83. The van der Waals surface area contributed by atoms with Crippen molar-refractivity contribution in [3.63, 3.8) is 0 Å². The van der Waals surface area contributed by atoms with Gasteiger partial charge >= 0.3 is 0 Å². The molecule has 0 bridgehead atoms. The highest BCUT2D eigenvalue weighted by Crippen LogP contribution is 2.20. The zero-order valence-corrected chi connectivity index (χ0v) is 13.7. The number of non-ortho nitro benzene ring substituents is 1. The van der Waals surface area contributed by atoms with Crippen LogP contribution in [0.2, 0.25) is 0 Å². The molecule has 0 saturated heterocycles. The zero-order valence-electron chi connectivity index (χ0n) is 13.7. The molecule has 0 saturated carbocycles. The Labute approximate surface area is 147 Å². The van der Waals surface area contributed by atoms with E-state index in [1.165, 1.54) is 30.3 Å². The van der Waals surface area contributed by atoms with Gasteiger partial charge in [-0.25, -0.2) is 4.98 Å². The van der Waals surface area contributed by atoms with Crippen LogP contribution in [0.3, 0.4) is 0 Å². The van der Waals surface area contributed by atoms with E-state index in [4.69, 9.17) is 0 Å². The first-order valence-corrected chi connectivity index (χ1v) is 7.66. The lowest BCUT2D eigenvalue weighted by atomic mass is 10.1. The molecule has 8 nitrogen and oxygen atoms in total. The van der Waals surface area contributed by atoms with Crippen LogP contribution in [0.25, 0.3) is 11.4 Å². The number of nitro benzene ring substituents is 1. The van der Waals surface area contributed by atoms with E-state index in [0.29, 0.717) is 28.3 Å². The first-order valence-electron chi connectivity index (χ1n) is 7.66. The molecule has 2 aromatic carbocycles. The van der Waals surface area contributed by atoms with Gasteiger partial charge < -0.3 is 10.3 Å². The first-order chi connectivity index (χ1) is 12.4. The van der Waals surface area contributed by atoms with Gasteiger partial charge in [0, 0.05) is 40.7 Å². The summed E-state index contributed by atoms with van der Waals surface area (Å²) in [4.78, 5) is 41.0. The molecule has 0 radical (unpaired) electrons. The third kappa shape index (κ3) is 3.81. The molecule has 1 amide bonds. The maximum atomic E-state index is 12.3. The van der Waals surface area contributed by atoms with Gasteiger partial charge in [0.15, 0.2) is 0 Å². The molecule has 130 valence electrons. The van der Waals surface area contributed by atoms with Crippen LogP contribution in [-0.2, 0) is 0 Å². The van der Waals surface area contributed by atoms with Crippen molar-refractivity contribution in [3.05, 3.63) is 86.3 Å². The molecule has 1 heterocycles. The number of rotatable bonds is 4. The fourth-order valence-corrected chi connectivity index (χ4v) is 2.40. The van der Waals surface area contributed by atoms with Crippen LogP contribution in [0, 0.1) is 17.0 Å². The summed E-state index contributed by atoms with van der Waals surface area (Å²) >= 11 is 0. The number of nitrogens with zero attached hydrogens (tertiary/aromatic N) is 2. The summed E-state index contributed by atoms with van der Waals surface area (Å²) in [6.07, 6.45) is 0. The average Bonchev–Trinajstić information content (AvgIpc) is 2.61. The smallest absolute Gasteiger partial charge is 0.269 e. The number of nitro groups is 1. The molecule has 0 atom stereocenters. The summed E-state index contributed by atoms with van der Waals surface area (Å²) in [5.41, 5.74) is 1.69. The Morgan fingerprint density at radius 2 is 1.88 bits per heavy atom. The number of aromatic nitrogens is 2. The normalized spacial score (nSPS) is 10.3. The molecule has 0 spiro atoms. The van der Waals surface area contributed by atoms with E-state index in [-0.39, 0.29) is 11.2 Å². The monoisotopic (exact) mass is 350 g/mol. The van der Waals surface area contributed by atoms with Gasteiger partial charge in [-0.1, -0.05) is 12.1 Å². The van der Waals surface area contributed by atoms with E-state index < -0.39 is 10.8 Å². The largest absolute Gasteiger partial charge is 0.322 e. The fourth-order valence-electron chi connectivity index (χ4n) is 2.40. The SMILES string of the molecule is Cc1cc(=O)[nH]c(-c2cccc(NC(=O)c3ccc([N+](=O)[O-])cc3)c2)n1. The van der Waals surface area contributed by atoms with Crippen molar-refractivity contribution < 1.29 is 9.72 Å². The van der Waals surface area contributed by atoms with Gasteiger partial charge in [-0.05, 0) is 31.2 Å².